The Labute approximate surface area is 209 Å². The molecular formula is C29H39N3O3. The van der Waals surface area contributed by atoms with Crippen LogP contribution in [0.25, 0.3) is 0 Å². The molecule has 6 nitrogen and oxygen atoms in total. The van der Waals surface area contributed by atoms with E-state index in [4.69, 9.17) is 0 Å². The van der Waals surface area contributed by atoms with Crippen LogP contribution in [0.5, 0.6) is 0 Å². The van der Waals surface area contributed by atoms with Crippen LogP contribution < -0.4 is 10.6 Å². The fourth-order valence-corrected chi connectivity index (χ4v) is 4.47. The van der Waals surface area contributed by atoms with E-state index in [1.165, 1.54) is 0 Å². The summed E-state index contributed by atoms with van der Waals surface area (Å²) in [6, 6.07) is 14.8. The van der Waals surface area contributed by atoms with E-state index < -0.39 is 0 Å². The van der Waals surface area contributed by atoms with Gasteiger partial charge in [-0.05, 0) is 61.3 Å². The van der Waals surface area contributed by atoms with Crippen molar-refractivity contribution in [1.82, 2.24) is 10.2 Å². The van der Waals surface area contributed by atoms with E-state index in [0.29, 0.717) is 61.1 Å². The van der Waals surface area contributed by atoms with E-state index in [9.17, 15) is 14.4 Å². The lowest BCUT2D eigenvalue weighted by molar-refractivity contribution is -0.126. The molecule has 1 heterocycles. The van der Waals surface area contributed by atoms with Crippen molar-refractivity contribution in [1.29, 1.82) is 0 Å². The Morgan fingerprint density at radius 3 is 2.17 bits per heavy atom. The van der Waals surface area contributed by atoms with E-state index in [0.717, 1.165) is 18.4 Å². The lowest BCUT2D eigenvalue weighted by Crippen LogP contribution is -2.43. The molecule has 2 aromatic rings. The average molecular weight is 478 g/mol. The molecule has 3 amide bonds. The normalized spacial score (nSPS) is 14.3. The van der Waals surface area contributed by atoms with Gasteiger partial charge in [0, 0.05) is 31.1 Å². The first-order valence-corrected chi connectivity index (χ1v) is 12.8. The maximum atomic E-state index is 13.3. The highest BCUT2D eigenvalue weighted by Gasteiger charge is 2.29. The molecule has 0 radical (unpaired) electrons. The molecule has 1 saturated heterocycles. The second kappa shape index (κ2) is 12.5. The van der Waals surface area contributed by atoms with Gasteiger partial charge in [-0.2, -0.15) is 0 Å². The van der Waals surface area contributed by atoms with Crippen LogP contribution in [-0.2, 0) is 11.2 Å². The number of piperidine rings is 1. The Morgan fingerprint density at radius 2 is 1.51 bits per heavy atom. The molecule has 0 bridgehead atoms. The highest BCUT2D eigenvalue weighted by molar-refractivity contribution is 6.09. The predicted molar refractivity (Wildman–Crippen MR) is 140 cm³/mol. The summed E-state index contributed by atoms with van der Waals surface area (Å²) < 4.78 is 0. The summed E-state index contributed by atoms with van der Waals surface area (Å²) in [5.41, 5.74) is 2.61. The van der Waals surface area contributed by atoms with Crippen LogP contribution in [0.1, 0.15) is 73.2 Å². The van der Waals surface area contributed by atoms with Gasteiger partial charge in [-0.25, -0.2) is 0 Å². The van der Waals surface area contributed by atoms with Crippen molar-refractivity contribution in [2.45, 2.75) is 53.4 Å². The van der Waals surface area contributed by atoms with Crippen LogP contribution in [0.15, 0.2) is 48.5 Å². The molecule has 2 aromatic carbocycles. The SMILES string of the molecule is CC(C)CCNC(=O)C1CCN(C(=O)c2ccccc2NC(=O)c2ccccc2CC(C)C)CC1. The summed E-state index contributed by atoms with van der Waals surface area (Å²) in [5.74, 6) is 0.689. The second-order valence-corrected chi connectivity index (χ2v) is 10.3. The molecule has 0 spiro atoms. The minimum atomic E-state index is -0.210. The zero-order valence-electron chi connectivity index (χ0n) is 21.5. The number of nitrogens with one attached hydrogen (secondary N) is 2. The molecule has 1 fully saturated rings. The highest BCUT2D eigenvalue weighted by Crippen LogP contribution is 2.24. The van der Waals surface area contributed by atoms with Crippen molar-refractivity contribution < 1.29 is 14.4 Å². The summed E-state index contributed by atoms with van der Waals surface area (Å²) in [6.07, 6.45) is 3.07. The third kappa shape index (κ3) is 7.41. The quantitative estimate of drug-likeness (QED) is 0.524. The molecule has 1 aliphatic rings. The summed E-state index contributed by atoms with van der Waals surface area (Å²) >= 11 is 0. The van der Waals surface area contributed by atoms with Gasteiger partial charge in [0.05, 0.1) is 11.3 Å². The second-order valence-electron chi connectivity index (χ2n) is 10.3. The van der Waals surface area contributed by atoms with Crippen molar-refractivity contribution in [2.24, 2.45) is 17.8 Å². The minimum Gasteiger partial charge on any atom is -0.356 e. The number of nitrogens with zero attached hydrogens (tertiary/aromatic N) is 1. The number of likely N-dealkylation sites (tertiary alicyclic amines) is 1. The molecular weight excluding hydrogens is 438 g/mol. The molecule has 3 rings (SSSR count). The highest BCUT2D eigenvalue weighted by atomic mass is 16.2. The fraction of sp³-hybridized carbons (Fsp3) is 0.483. The fourth-order valence-electron chi connectivity index (χ4n) is 4.47. The van der Waals surface area contributed by atoms with E-state index in [2.05, 4.69) is 38.3 Å². The third-order valence-corrected chi connectivity index (χ3v) is 6.47. The summed E-state index contributed by atoms with van der Waals surface area (Å²) in [7, 11) is 0. The Morgan fingerprint density at radius 1 is 0.886 bits per heavy atom. The van der Waals surface area contributed by atoms with Gasteiger partial charge in [0.25, 0.3) is 11.8 Å². The number of hydrogen-bond acceptors (Lipinski definition) is 3. The Kier molecular flexibility index (Phi) is 9.47. The van der Waals surface area contributed by atoms with E-state index in [1.54, 1.807) is 17.0 Å². The Bertz CT molecular complexity index is 1020. The van der Waals surface area contributed by atoms with Gasteiger partial charge in [0.15, 0.2) is 0 Å². The smallest absolute Gasteiger partial charge is 0.255 e. The van der Waals surface area contributed by atoms with Crippen molar-refractivity contribution in [2.75, 3.05) is 25.0 Å². The predicted octanol–water partition coefficient (Wildman–Crippen LogP) is 5.15. The Balaban J connectivity index is 1.64. The van der Waals surface area contributed by atoms with Gasteiger partial charge >= 0.3 is 0 Å². The molecule has 0 atom stereocenters. The topological polar surface area (TPSA) is 78.5 Å². The molecule has 0 saturated carbocycles. The largest absolute Gasteiger partial charge is 0.356 e. The summed E-state index contributed by atoms with van der Waals surface area (Å²) in [4.78, 5) is 40.7. The van der Waals surface area contributed by atoms with Crippen LogP contribution in [0.2, 0.25) is 0 Å². The summed E-state index contributed by atoms with van der Waals surface area (Å²) in [5, 5.41) is 6.00. The molecule has 2 N–H and O–H groups in total. The van der Waals surface area contributed by atoms with Gasteiger partial charge in [-0.15, -0.1) is 0 Å². The van der Waals surface area contributed by atoms with Crippen LogP contribution in [0, 0.1) is 17.8 Å². The van der Waals surface area contributed by atoms with Crippen molar-refractivity contribution in [3.05, 3.63) is 65.2 Å². The number of rotatable bonds is 9. The van der Waals surface area contributed by atoms with E-state index in [1.807, 2.05) is 36.4 Å². The third-order valence-electron chi connectivity index (χ3n) is 6.47. The zero-order valence-corrected chi connectivity index (χ0v) is 21.5. The first-order valence-electron chi connectivity index (χ1n) is 12.8. The van der Waals surface area contributed by atoms with Crippen molar-refractivity contribution in [3.63, 3.8) is 0 Å². The monoisotopic (exact) mass is 477 g/mol. The van der Waals surface area contributed by atoms with Crippen molar-refractivity contribution in [3.8, 4) is 0 Å². The number of carbonyl (C=O) groups is 3. The summed E-state index contributed by atoms with van der Waals surface area (Å²) in [6.45, 7) is 10.3. The standard InChI is InChI=1S/C29H39N3O3/c1-20(2)13-16-30-27(33)22-14-17-32(18-15-22)29(35)25-11-7-8-12-26(25)31-28(34)24-10-6-5-9-23(24)19-21(3)4/h5-12,20-22H,13-19H2,1-4H3,(H,30,33)(H,31,34). The number of amides is 3. The van der Waals surface area contributed by atoms with Crippen molar-refractivity contribution >= 4 is 23.4 Å². The molecule has 188 valence electrons. The first-order chi connectivity index (χ1) is 16.8. The lowest BCUT2D eigenvalue weighted by Gasteiger charge is -2.32. The van der Waals surface area contributed by atoms with Gasteiger partial charge in [0.1, 0.15) is 0 Å². The van der Waals surface area contributed by atoms with Gasteiger partial charge in [-0.3, -0.25) is 14.4 Å². The maximum absolute atomic E-state index is 13.3. The zero-order chi connectivity index (χ0) is 25.4. The number of para-hydroxylation sites is 1. The molecule has 1 aliphatic heterocycles. The van der Waals surface area contributed by atoms with Crippen LogP contribution in [0.4, 0.5) is 5.69 Å². The van der Waals surface area contributed by atoms with Gasteiger partial charge < -0.3 is 15.5 Å². The van der Waals surface area contributed by atoms with E-state index >= 15 is 0 Å². The van der Waals surface area contributed by atoms with Crippen LogP contribution in [0.3, 0.4) is 0 Å². The number of benzene rings is 2. The molecule has 6 heteroatoms. The maximum Gasteiger partial charge on any atom is 0.255 e. The number of anilines is 1. The molecule has 0 aliphatic carbocycles. The lowest BCUT2D eigenvalue weighted by atomic mass is 9.95. The number of carbonyl (C=O) groups excluding carboxylic acids is 3. The van der Waals surface area contributed by atoms with Gasteiger partial charge in [-0.1, -0.05) is 58.0 Å². The van der Waals surface area contributed by atoms with Gasteiger partial charge in [0.2, 0.25) is 5.91 Å². The number of hydrogen-bond donors (Lipinski definition) is 2. The minimum absolute atomic E-state index is 0.0568. The molecule has 0 unspecified atom stereocenters. The average Bonchev–Trinajstić information content (AvgIpc) is 2.83. The molecule has 35 heavy (non-hydrogen) atoms. The van der Waals surface area contributed by atoms with E-state index in [-0.39, 0.29) is 23.6 Å². The van der Waals surface area contributed by atoms with Crippen LogP contribution >= 0.6 is 0 Å². The first kappa shape index (κ1) is 26.5. The Hall–Kier alpha value is -3.15. The van der Waals surface area contributed by atoms with Crippen LogP contribution in [-0.4, -0.2) is 42.3 Å². The molecule has 0 aromatic heterocycles.